The van der Waals surface area contributed by atoms with Crippen molar-refractivity contribution in [2.24, 2.45) is 0 Å². The molecule has 36 heavy (non-hydrogen) atoms. The predicted molar refractivity (Wildman–Crippen MR) is 150 cm³/mol. The smallest absolute Gasteiger partial charge is 0.243 e. The number of hydrogen-bond donors (Lipinski definition) is 1. The molecule has 0 saturated heterocycles. The first kappa shape index (κ1) is 27.5. The molecule has 0 spiro atoms. The molecule has 4 nitrogen and oxygen atoms in total. The third-order valence-electron chi connectivity index (χ3n) is 6.48. The highest BCUT2D eigenvalue weighted by Gasteiger charge is 2.31. The van der Waals surface area contributed by atoms with Gasteiger partial charge in [0.25, 0.3) is 0 Å². The Balaban J connectivity index is 1.86. The molecular formula is C31H38N2O2S. The van der Waals surface area contributed by atoms with E-state index in [2.05, 4.69) is 56.4 Å². The third kappa shape index (κ3) is 8.27. The molecule has 0 aliphatic rings. The molecule has 0 unspecified atom stereocenters. The summed E-state index contributed by atoms with van der Waals surface area (Å²) < 4.78 is 0. The zero-order valence-electron chi connectivity index (χ0n) is 21.9. The lowest BCUT2D eigenvalue weighted by Crippen LogP contribution is -2.52. The first-order valence-corrected chi connectivity index (χ1v) is 13.7. The van der Waals surface area contributed by atoms with Gasteiger partial charge in [-0.05, 0) is 56.0 Å². The minimum Gasteiger partial charge on any atom is -0.352 e. The molecule has 0 fully saturated rings. The van der Waals surface area contributed by atoms with E-state index in [-0.39, 0.29) is 17.9 Å². The highest BCUT2D eigenvalue weighted by atomic mass is 32.2. The van der Waals surface area contributed by atoms with Crippen LogP contribution in [0, 0.1) is 13.8 Å². The van der Waals surface area contributed by atoms with E-state index in [4.69, 9.17) is 0 Å². The first-order chi connectivity index (χ1) is 17.4. The first-order valence-electron chi connectivity index (χ1n) is 12.7. The van der Waals surface area contributed by atoms with Crippen molar-refractivity contribution >= 4 is 23.6 Å². The van der Waals surface area contributed by atoms with Crippen molar-refractivity contribution in [3.63, 3.8) is 0 Å². The van der Waals surface area contributed by atoms with Gasteiger partial charge < -0.3 is 10.2 Å². The van der Waals surface area contributed by atoms with Crippen molar-refractivity contribution < 1.29 is 9.59 Å². The number of carbonyl (C=O) groups is 2. The maximum Gasteiger partial charge on any atom is 0.243 e. The molecule has 5 heteroatoms. The minimum absolute atomic E-state index is 0.00176. The summed E-state index contributed by atoms with van der Waals surface area (Å²) in [6.07, 6.45) is 1.68. The standard InChI is InChI=1S/C31H38N2O2S/c1-5-25(4)32-31(35)29(21-26-12-7-6-8-13-26)33(22-27-14-10-9-11-24(27)3)30(34)19-20-36-28-17-15-23(2)16-18-28/h6-18,25,29H,5,19-22H2,1-4H3,(H,32,35)/t25-,29-/m0/s1. The molecule has 2 amide bonds. The SMILES string of the molecule is CC[C@H](C)NC(=O)[C@H](Cc1ccccc1)N(Cc1ccccc1C)C(=O)CCSc1ccc(C)cc1. The zero-order valence-corrected chi connectivity index (χ0v) is 22.7. The summed E-state index contributed by atoms with van der Waals surface area (Å²) in [6.45, 7) is 8.58. The van der Waals surface area contributed by atoms with Crippen LogP contribution in [0.4, 0.5) is 0 Å². The fourth-order valence-electron chi connectivity index (χ4n) is 4.00. The molecule has 3 aromatic rings. The summed E-state index contributed by atoms with van der Waals surface area (Å²) in [5.41, 5.74) is 4.44. The van der Waals surface area contributed by atoms with Crippen LogP contribution in [0.2, 0.25) is 0 Å². The highest BCUT2D eigenvalue weighted by Crippen LogP contribution is 2.22. The number of carbonyl (C=O) groups excluding carboxylic acids is 2. The fourth-order valence-corrected chi connectivity index (χ4v) is 4.84. The summed E-state index contributed by atoms with van der Waals surface area (Å²) >= 11 is 1.67. The van der Waals surface area contributed by atoms with Gasteiger partial charge in [-0.1, -0.05) is 79.2 Å². The van der Waals surface area contributed by atoms with Gasteiger partial charge in [0.15, 0.2) is 0 Å². The molecule has 0 aromatic heterocycles. The Labute approximate surface area is 220 Å². The summed E-state index contributed by atoms with van der Waals surface area (Å²) in [7, 11) is 0. The van der Waals surface area contributed by atoms with E-state index in [1.54, 1.807) is 16.7 Å². The van der Waals surface area contributed by atoms with Gasteiger partial charge in [-0.3, -0.25) is 9.59 Å². The molecule has 0 bridgehead atoms. The van der Waals surface area contributed by atoms with Gasteiger partial charge in [0.2, 0.25) is 11.8 Å². The Hall–Kier alpha value is -3.05. The van der Waals surface area contributed by atoms with E-state index in [0.29, 0.717) is 25.1 Å². The molecule has 190 valence electrons. The molecule has 0 heterocycles. The lowest BCUT2D eigenvalue weighted by Gasteiger charge is -2.32. The van der Waals surface area contributed by atoms with Crippen molar-refractivity contribution in [2.75, 3.05) is 5.75 Å². The summed E-state index contributed by atoms with van der Waals surface area (Å²) in [6, 6.07) is 25.9. The van der Waals surface area contributed by atoms with Gasteiger partial charge in [-0.25, -0.2) is 0 Å². The Kier molecular flexibility index (Phi) is 10.6. The molecule has 2 atom stereocenters. The van der Waals surface area contributed by atoms with Gasteiger partial charge >= 0.3 is 0 Å². The molecule has 1 N–H and O–H groups in total. The molecule has 3 aromatic carbocycles. The molecular weight excluding hydrogens is 464 g/mol. The van der Waals surface area contributed by atoms with E-state index < -0.39 is 6.04 Å². The van der Waals surface area contributed by atoms with Crippen LogP contribution >= 0.6 is 11.8 Å². The van der Waals surface area contributed by atoms with E-state index in [9.17, 15) is 9.59 Å². The number of amides is 2. The quantitative estimate of drug-likeness (QED) is 0.294. The van der Waals surface area contributed by atoms with Crippen molar-refractivity contribution in [1.29, 1.82) is 0 Å². The van der Waals surface area contributed by atoms with E-state index >= 15 is 0 Å². The molecule has 3 rings (SSSR count). The maximum absolute atomic E-state index is 13.7. The number of aryl methyl sites for hydroxylation is 2. The number of benzene rings is 3. The van der Waals surface area contributed by atoms with E-state index in [1.807, 2.05) is 55.5 Å². The topological polar surface area (TPSA) is 49.4 Å². The Morgan fingerprint density at radius 3 is 2.25 bits per heavy atom. The average molecular weight is 503 g/mol. The van der Waals surface area contributed by atoms with Gasteiger partial charge in [0.1, 0.15) is 6.04 Å². The fraction of sp³-hybridized carbons (Fsp3) is 0.355. The van der Waals surface area contributed by atoms with Crippen LogP contribution in [0.3, 0.4) is 0 Å². The van der Waals surface area contributed by atoms with E-state index in [0.717, 1.165) is 28.0 Å². The van der Waals surface area contributed by atoms with Gasteiger partial charge in [-0.2, -0.15) is 0 Å². The summed E-state index contributed by atoms with van der Waals surface area (Å²) in [4.78, 5) is 30.2. The van der Waals surface area contributed by atoms with Crippen LogP contribution < -0.4 is 5.32 Å². The van der Waals surface area contributed by atoms with Crippen molar-refractivity contribution in [1.82, 2.24) is 10.2 Å². The van der Waals surface area contributed by atoms with Crippen molar-refractivity contribution in [3.8, 4) is 0 Å². The lowest BCUT2D eigenvalue weighted by atomic mass is 10.0. The van der Waals surface area contributed by atoms with Crippen LogP contribution in [0.25, 0.3) is 0 Å². The van der Waals surface area contributed by atoms with Crippen LogP contribution in [-0.2, 0) is 22.6 Å². The second-order valence-corrected chi connectivity index (χ2v) is 10.6. The van der Waals surface area contributed by atoms with Gasteiger partial charge in [0.05, 0.1) is 0 Å². The average Bonchev–Trinajstić information content (AvgIpc) is 2.88. The normalized spacial score (nSPS) is 12.6. The van der Waals surface area contributed by atoms with Crippen LogP contribution in [-0.4, -0.2) is 34.6 Å². The number of rotatable bonds is 12. The van der Waals surface area contributed by atoms with Gasteiger partial charge in [0, 0.05) is 36.1 Å². The highest BCUT2D eigenvalue weighted by molar-refractivity contribution is 7.99. The van der Waals surface area contributed by atoms with Crippen molar-refractivity contribution in [3.05, 3.63) is 101 Å². The number of hydrogen-bond acceptors (Lipinski definition) is 3. The Morgan fingerprint density at radius 2 is 1.58 bits per heavy atom. The Morgan fingerprint density at radius 1 is 0.917 bits per heavy atom. The molecule has 0 aliphatic heterocycles. The lowest BCUT2D eigenvalue weighted by molar-refractivity contribution is -0.141. The molecule has 0 radical (unpaired) electrons. The Bertz CT molecular complexity index is 1110. The maximum atomic E-state index is 13.7. The monoisotopic (exact) mass is 502 g/mol. The van der Waals surface area contributed by atoms with E-state index in [1.165, 1.54) is 5.56 Å². The van der Waals surface area contributed by atoms with Crippen molar-refractivity contribution in [2.45, 2.75) is 70.5 Å². The minimum atomic E-state index is -0.585. The molecule has 0 saturated carbocycles. The number of nitrogens with zero attached hydrogens (tertiary/aromatic N) is 1. The van der Waals surface area contributed by atoms with Crippen LogP contribution in [0.5, 0.6) is 0 Å². The third-order valence-corrected chi connectivity index (χ3v) is 7.49. The second-order valence-electron chi connectivity index (χ2n) is 9.38. The predicted octanol–water partition coefficient (Wildman–Crippen LogP) is 6.34. The summed E-state index contributed by atoms with van der Waals surface area (Å²) in [5, 5.41) is 3.13. The molecule has 0 aliphatic carbocycles. The largest absolute Gasteiger partial charge is 0.352 e. The van der Waals surface area contributed by atoms with Crippen LogP contribution in [0.1, 0.15) is 48.9 Å². The van der Waals surface area contributed by atoms with Crippen LogP contribution in [0.15, 0.2) is 83.8 Å². The summed E-state index contributed by atoms with van der Waals surface area (Å²) in [5.74, 6) is 0.566. The van der Waals surface area contributed by atoms with Gasteiger partial charge in [-0.15, -0.1) is 11.8 Å². The zero-order chi connectivity index (χ0) is 25.9. The number of nitrogens with one attached hydrogen (secondary N) is 1. The second kappa shape index (κ2) is 13.9. The number of thioether (sulfide) groups is 1.